The summed E-state index contributed by atoms with van der Waals surface area (Å²) in [5, 5.41) is 3.01. The van der Waals surface area contributed by atoms with Crippen LogP contribution in [-0.4, -0.2) is 22.4 Å². The Morgan fingerprint density at radius 1 is 1.60 bits per heavy atom. The number of nitrogens with one attached hydrogen (secondary N) is 1. The first-order chi connectivity index (χ1) is 4.93. The number of alkyl halides is 1. The molecule has 1 heterocycles. The highest BCUT2D eigenvalue weighted by molar-refractivity contribution is 6.18. The molecule has 0 saturated heterocycles. The second kappa shape index (κ2) is 4.06. The minimum Gasteiger partial charge on any atom is -0.369 e. The van der Waals surface area contributed by atoms with E-state index in [1.807, 2.05) is 0 Å². The van der Waals surface area contributed by atoms with E-state index in [0.717, 1.165) is 12.4 Å². The Hall–Kier alpha value is -0.830. The molecule has 1 aromatic heterocycles. The molecule has 10 heavy (non-hydrogen) atoms. The molecule has 0 spiro atoms. The molecule has 0 unspecified atom stereocenters. The lowest BCUT2D eigenvalue weighted by Crippen LogP contribution is -2.03. The first-order valence-electron chi connectivity index (χ1n) is 2.99. The Morgan fingerprint density at radius 3 is 3.10 bits per heavy atom. The van der Waals surface area contributed by atoms with Crippen molar-refractivity contribution >= 4 is 17.4 Å². The molecule has 0 aliphatic carbocycles. The Labute approximate surface area is 64.5 Å². The molecule has 0 fully saturated rings. The molecule has 3 nitrogen and oxygen atoms in total. The van der Waals surface area contributed by atoms with Gasteiger partial charge in [-0.1, -0.05) is 0 Å². The number of hydrogen-bond donors (Lipinski definition) is 1. The van der Waals surface area contributed by atoms with Gasteiger partial charge in [0.25, 0.3) is 0 Å². The van der Waals surface area contributed by atoms with Crippen molar-refractivity contribution in [2.45, 2.75) is 0 Å². The van der Waals surface area contributed by atoms with Crippen LogP contribution in [0.3, 0.4) is 0 Å². The summed E-state index contributed by atoms with van der Waals surface area (Å²) in [6.45, 7) is 0.735. The molecule has 0 aliphatic heterocycles. The highest BCUT2D eigenvalue weighted by atomic mass is 35.5. The zero-order valence-corrected chi connectivity index (χ0v) is 6.17. The summed E-state index contributed by atoms with van der Waals surface area (Å²) in [5.74, 6) is 1.40. The molecule has 0 aromatic carbocycles. The van der Waals surface area contributed by atoms with Crippen LogP contribution in [0.5, 0.6) is 0 Å². The maximum atomic E-state index is 5.45. The van der Waals surface area contributed by atoms with Crippen molar-refractivity contribution in [3.05, 3.63) is 18.6 Å². The molecule has 0 atom stereocenters. The van der Waals surface area contributed by atoms with Crippen molar-refractivity contribution in [1.82, 2.24) is 9.97 Å². The van der Waals surface area contributed by atoms with Crippen LogP contribution >= 0.6 is 11.6 Å². The molecule has 0 aliphatic rings. The van der Waals surface area contributed by atoms with Crippen LogP contribution in [0.1, 0.15) is 0 Å². The monoisotopic (exact) mass is 157 g/mol. The lowest BCUT2D eigenvalue weighted by Gasteiger charge is -1.99. The zero-order chi connectivity index (χ0) is 7.23. The van der Waals surface area contributed by atoms with Crippen LogP contribution in [0.25, 0.3) is 0 Å². The molecule has 54 valence electrons. The summed E-state index contributed by atoms with van der Waals surface area (Å²) in [4.78, 5) is 7.70. The normalized spacial score (nSPS) is 9.30. The van der Waals surface area contributed by atoms with Crippen molar-refractivity contribution in [3.8, 4) is 0 Å². The summed E-state index contributed by atoms with van der Waals surface area (Å²) in [6.07, 6.45) is 3.18. The quantitative estimate of drug-likeness (QED) is 0.669. The van der Waals surface area contributed by atoms with Crippen LogP contribution in [0, 0.1) is 0 Å². The second-order valence-electron chi connectivity index (χ2n) is 1.71. The lowest BCUT2D eigenvalue weighted by atomic mass is 10.6. The maximum absolute atomic E-state index is 5.45. The number of rotatable bonds is 3. The third-order valence-electron chi connectivity index (χ3n) is 0.983. The molecule has 1 rings (SSSR count). The van der Waals surface area contributed by atoms with Crippen molar-refractivity contribution in [1.29, 1.82) is 0 Å². The highest BCUT2D eigenvalue weighted by Gasteiger charge is 1.87. The number of aromatic nitrogens is 2. The van der Waals surface area contributed by atoms with Gasteiger partial charge in [0.15, 0.2) is 0 Å². The number of anilines is 1. The molecule has 4 heteroatoms. The lowest BCUT2D eigenvalue weighted by molar-refractivity contribution is 1.11. The third-order valence-corrected chi connectivity index (χ3v) is 1.17. The van der Waals surface area contributed by atoms with Gasteiger partial charge >= 0.3 is 0 Å². The largest absolute Gasteiger partial charge is 0.369 e. The topological polar surface area (TPSA) is 37.8 Å². The Morgan fingerprint density at radius 2 is 2.50 bits per heavy atom. The third kappa shape index (κ3) is 2.19. The summed E-state index contributed by atoms with van der Waals surface area (Å²) in [6, 6.07) is 1.80. The summed E-state index contributed by atoms with van der Waals surface area (Å²) in [5.41, 5.74) is 0. The minimum absolute atomic E-state index is 0.587. The SMILES string of the molecule is ClCCNc1ccncn1. The van der Waals surface area contributed by atoms with Crippen LogP contribution < -0.4 is 5.32 Å². The zero-order valence-electron chi connectivity index (χ0n) is 5.42. The van der Waals surface area contributed by atoms with Crippen molar-refractivity contribution < 1.29 is 0 Å². The van der Waals surface area contributed by atoms with E-state index < -0.39 is 0 Å². The van der Waals surface area contributed by atoms with Gasteiger partial charge in [-0.3, -0.25) is 0 Å². The van der Waals surface area contributed by atoms with E-state index in [4.69, 9.17) is 11.6 Å². The van der Waals surface area contributed by atoms with Crippen LogP contribution in [-0.2, 0) is 0 Å². The van der Waals surface area contributed by atoms with Gasteiger partial charge in [0, 0.05) is 18.6 Å². The average Bonchev–Trinajstić information content (AvgIpc) is 2.03. The average molecular weight is 158 g/mol. The van der Waals surface area contributed by atoms with Crippen LogP contribution in [0.15, 0.2) is 18.6 Å². The second-order valence-corrected chi connectivity index (χ2v) is 2.09. The van der Waals surface area contributed by atoms with Gasteiger partial charge in [0.05, 0.1) is 0 Å². The van der Waals surface area contributed by atoms with E-state index in [0.29, 0.717) is 5.88 Å². The first-order valence-corrected chi connectivity index (χ1v) is 3.53. The van der Waals surface area contributed by atoms with Gasteiger partial charge < -0.3 is 5.32 Å². The predicted molar refractivity (Wildman–Crippen MR) is 41.2 cm³/mol. The number of hydrogen-bond acceptors (Lipinski definition) is 3. The number of nitrogens with zero attached hydrogens (tertiary/aromatic N) is 2. The van der Waals surface area contributed by atoms with E-state index >= 15 is 0 Å². The van der Waals surface area contributed by atoms with Crippen molar-refractivity contribution in [3.63, 3.8) is 0 Å². The summed E-state index contributed by atoms with van der Waals surface area (Å²) in [7, 11) is 0. The van der Waals surface area contributed by atoms with E-state index in [1.54, 1.807) is 12.3 Å². The van der Waals surface area contributed by atoms with Gasteiger partial charge in [-0.25, -0.2) is 9.97 Å². The molecule has 1 aromatic rings. The van der Waals surface area contributed by atoms with E-state index in [-0.39, 0.29) is 0 Å². The highest BCUT2D eigenvalue weighted by Crippen LogP contribution is 1.96. The van der Waals surface area contributed by atoms with Gasteiger partial charge in [-0.05, 0) is 6.07 Å². The van der Waals surface area contributed by atoms with Crippen molar-refractivity contribution in [2.24, 2.45) is 0 Å². The molecular weight excluding hydrogens is 150 g/mol. The van der Waals surface area contributed by atoms with Crippen molar-refractivity contribution in [2.75, 3.05) is 17.7 Å². The summed E-state index contributed by atoms with van der Waals surface area (Å²) >= 11 is 5.45. The first kappa shape index (κ1) is 7.28. The molecule has 0 saturated carbocycles. The minimum atomic E-state index is 0.587. The van der Waals surface area contributed by atoms with Gasteiger partial charge in [-0.2, -0.15) is 0 Å². The fraction of sp³-hybridized carbons (Fsp3) is 0.333. The fourth-order valence-corrected chi connectivity index (χ4v) is 0.665. The van der Waals surface area contributed by atoms with E-state index in [1.165, 1.54) is 6.33 Å². The van der Waals surface area contributed by atoms with Gasteiger partial charge in [0.2, 0.25) is 0 Å². The molecular formula is C6H8ClN3. The Bertz CT molecular complexity index is 178. The van der Waals surface area contributed by atoms with Gasteiger partial charge in [0.1, 0.15) is 12.1 Å². The van der Waals surface area contributed by atoms with E-state index in [2.05, 4.69) is 15.3 Å². The fourth-order valence-electron chi connectivity index (χ4n) is 0.571. The maximum Gasteiger partial charge on any atom is 0.129 e. The molecule has 0 radical (unpaired) electrons. The van der Waals surface area contributed by atoms with Crippen LogP contribution in [0.2, 0.25) is 0 Å². The summed E-state index contributed by atoms with van der Waals surface area (Å²) < 4.78 is 0. The van der Waals surface area contributed by atoms with Gasteiger partial charge in [-0.15, -0.1) is 11.6 Å². The standard InChI is InChI=1S/C6H8ClN3/c7-2-4-9-6-1-3-8-5-10-6/h1,3,5H,2,4H2,(H,8,9,10). The number of halogens is 1. The molecule has 0 amide bonds. The Balaban J connectivity index is 2.43. The predicted octanol–water partition coefficient (Wildman–Crippen LogP) is 1.13. The molecule has 0 bridgehead atoms. The smallest absolute Gasteiger partial charge is 0.129 e. The van der Waals surface area contributed by atoms with E-state index in [9.17, 15) is 0 Å². The molecule has 1 N–H and O–H groups in total. The van der Waals surface area contributed by atoms with Crippen LogP contribution in [0.4, 0.5) is 5.82 Å². The Kier molecular flexibility index (Phi) is 2.96.